The third kappa shape index (κ3) is 3.52. The van der Waals surface area contributed by atoms with Gasteiger partial charge >= 0.3 is 0 Å². The fourth-order valence-corrected chi connectivity index (χ4v) is 3.28. The molecule has 0 spiro atoms. The number of nitriles is 1. The van der Waals surface area contributed by atoms with Crippen molar-refractivity contribution in [3.05, 3.63) is 58.9 Å². The molecule has 25 heavy (non-hydrogen) atoms. The van der Waals surface area contributed by atoms with Crippen LogP contribution in [0.4, 0.5) is 0 Å². The summed E-state index contributed by atoms with van der Waals surface area (Å²) in [4.78, 5) is 17.6. The van der Waals surface area contributed by atoms with E-state index in [1.165, 1.54) is 11.8 Å². The molecule has 2 aromatic carbocycles. The highest BCUT2D eigenvalue weighted by Gasteiger charge is 2.15. The molecule has 0 N–H and O–H groups in total. The summed E-state index contributed by atoms with van der Waals surface area (Å²) in [6.07, 6.45) is 0. The SMILES string of the molecule is CCOc1ccc(-n2c(S[C@@H](C)C#N)nc3ccccc3c2=O)cc1. The number of fused-ring (bicyclic) bond motifs is 1. The second kappa shape index (κ2) is 7.41. The number of nitrogens with zero attached hydrogens (tertiary/aromatic N) is 3. The van der Waals surface area contributed by atoms with E-state index < -0.39 is 0 Å². The van der Waals surface area contributed by atoms with Crippen LogP contribution in [0, 0.1) is 11.3 Å². The Hall–Kier alpha value is -2.78. The average Bonchev–Trinajstić information content (AvgIpc) is 2.63. The van der Waals surface area contributed by atoms with E-state index in [0.29, 0.717) is 28.4 Å². The van der Waals surface area contributed by atoms with Crippen LogP contribution in [0.5, 0.6) is 5.75 Å². The van der Waals surface area contributed by atoms with E-state index in [9.17, 15) is 4.79 Å². The maximum atomic E-state index is 13.0. The maximum Gasteiger partial charge on any atom is 0.266 e. The number of thioether (sulfide) groups is 1. The van der Waals surface area contributed by atoms with Crippen LogP contribution in [0.15, 0.2) is 58.5 Å². The number of hydrogen-bond donors (Lipinski definition) is 0. The van der Waals surface area contributed by atoms with Gasteiger partial charge in [-0.2, -0.15) is 5.26 Å². The van der Waals surface area contributed by atoms with Crippen LogP contribution in [0.2, 0.25) is 0 Å². The first-order valence-corrected chi connectivity index (χ1v) is 8.83. The molecule has 3 rings (SSSR count). The summed E-state index contributed by atoms with van der Waals surface area (Å²) in [5, 5.41) is 9.86. The first-order chi connectivity index (χ1) is 12.1. The first-order valence-electron chi connectivity index (χ1n) is 7.95. The lowest BCUT2D eigenvalue weighted by Crippen LogP contribution is -2.22. The van der Waals surface area contributed by atoms with Gasteiger partial charge in [-0.1, -0.05) is 23.9 Å². The highest BCUT2D eigenvalue weighted by molar-refractivity contribution is 8.00. The van der Waals surface area contributed by atoms with Crippen molar-refractivity contribution in [1.82, 2.24) is 9.55 Å². The zero-order valence-electron chi connectivity index (χ0n) is 14.0. The molecule has 0 amide bonds. The van der Waals surface area contributed by atoms with Gasteiger partial charge in [0.1, 0.15) is 5.75 Å². The standard InChI is InChI=1S/C19H17N3O2S/c1-3-24-15-10-8-14(9-11-15)22-18(23)16-6-4-5-7-17(16)21-19(22)25-13(2)12-20/h4-11,13H,3H2,1-2H3/t13-/m0/s1. The van der Waals surface area contributed by atoms with Gasteiger partial charge in [-0.15, -0.1) is 0 Å². The summed E-state index contributed by atoms with van der Waals surface area (Å²) in [6.45, 7) is 4.29. The number of ether oxygens (including phenoxy) is 1. The minimum absolute atomic E-state index is 0.151. The molecule has 3 aromatic rings. The second-order valence-corrected chi connectivity index (χ2v) is 6.68. The third-order valence-electron chi connectivity index (χ3n) is 3.61. The number of hydrogen-bond acceptors (Lipinski definition) is 5. The lowest BCUT2D eigenvalue weighted by molar-refractivity contribution is 0.340. The normalized spacial score (nSPS) is 11.9. The molecule has 0 aliphatic rings. The molecule has 1 aromatic heterocycles. The largest absolute Gasteiger partial charge is 0.494 e. The Labute approximate surface area is 149 Å². The molecule has 5 nitrogen and oxygen atoms in total. The Morgan fingerprint density at radius 1 is 1.24 bits per heavy atom. The van der Waals surface area contributed by atoms with E-state index in [1.54, 1.807) is 23.6 Å². The van der Waals surface area contributed by atoms with Gasteiger partial charge in [0.15, 0.2) is 5.16 Å². The zero-order chi connectivity index (χ0) is 17.8. The van der Waals surface area contributed by atoms with E-state index in [4.69, 9.17) is 10.00 Å². The lowest BCUT2D eigenvalue weighted by Gasteiger charge is -2.14. The minimum Gasteiger partial charge on any atom is -0.494 e. The van der Waals surface area contributed by atoms with Gasteiger partial charge in [-0.25, -0.2) is 4.98 Å². The van der Waals surface area contributed by atoms with Gasteiger partial charge in [0.2, 0.25) is 0 Å². The molecular formula is C19H17N3O2S. The second-order valence-electron chi connectivity index (χ2n) is 5.37. The van der Waals surface area contributed by atoms with Crippen molar-refractivity contribution in [2.24, 2.45) is 0 Å². The van der Waals surface area contributed by atoms with Crippen LogP contribution in [0.3, 0.4) is 0 Å². The summed E-state index contributed by atoms with van der Waals surface area (Å²) >= 11 is 1.27. The Morgan fingerprint density at radius 2 is 1.96 bits per heavy atom. The molecule has 0 radical (unpaired) electrons. The van der Waals surface area contributed by atoms with Crippen LogP contribution in [-0.4, -0.2) is 21.4 Å². The van der Waals surface area contributed by atoms with Crippen molar-refractivity contribution in [3.8, 4) is 17.5 Å². The van der Waals surface area contributed by atoms with Gasteiger partial charge in [0, 0.05) is 0 Å². The molecule has 1 atom stereocenters. The van der Waals surface area contributed by atoms with Crippen LogP contribution < -0.4 is 10.3 Å². The quantitative estimate of drug-likeness (QED) is 0.517. The Kier molecular flexibility index (Phi) is 5.05. The predicted molar refractivity (Wildman–Crippen MR) is 99.4 cm³/mol. The summed E-state index contributed by atoms with van der Waals surface area (Å²) in [5.74, 6) is 0.743. The molecule has 0 aliphatic carbocycles. The van der Waals surface area contributed by atoms with Crippen molar-refractivity contribution >= 4 is 22.7 Å². The smallest absolute Gasteiger partial charge is 0.266 e. The Bertz CT molecular complexity index is 990. The minimum atomic E-state index is -0.318. The molecule has 0 fully saturated rings. The number of para-hydroxylation sites is 1. The van der Waals surface area contributed by atoms with Gasteiger partial charge in [-0.3, -0.25) is 9.36 Å². The monoisotopic (exact) mass is 351 g/mol. The average molecular weight is 351 g/mol. The van der Waals surface area contributed by atoms with Crippen molar-refractivity contribution in [1.29, 1.82) is 5.26 Å². The summed E-state index contributed by atoms with van der Waals surface area (Å²) in [6, 6.07) is 16.7. The van der Waals surface area contributed by atoms with Crippen LogP contribution in [0.25, 0.3) is 16.6 Å². The van der Waals surface area contributed by atoms with Gasteiger partial charge in [0.25, 0.3) is 5.56 Å². The van der Waals surface area contributed by atoms with Crippen molar-refractivity contribution in [3.63, 3.8) is 0 Å². The molecule has 6 heteroatoms. The molecule has 0 saturated heterocycles. The van der Waals surface area contributed by atoms with E-state index >= 15 is 0 Å². The van der Waals surface area contributed by atoms with Crippen LogP contribution in [-0.2, 0) is 0 Å². The molecule has 0 aliphatic heterocycles. The number of benzene rings is 2. The van der Waals surface area contributed by atoms with E-state index in [2.05, 4.69) is 11.1 Å². The van der Waals surface area contributed by atoms with Crippen LogP contribution >= 0.6 is 11.8 Å². The number of aromatic nitrogens is 2. The van der Waals surface area contributed by atoms with Crippen molar-refractivity contribution < 1.29 is 4.74 Å². The van der Waals surface area contributed by atoms with Gasteiger partial charge in [0.05, 0.1) is 34.5 Å². The maximum absolute atomic E-state index is 13.0. The van der Waals surface area contributed by atoms with Crippen molar-refractivity contribution in [2.45, 2.75) is 24.3 Å². The highest BCUT2D eigenvalue weighted by Crippen LogP contribution is 2.25. The number of rotatable bonds is 5. The van der Waals surface area contributed by atoms with Crippen LogP contribution in [0.1, 0.15) is 13.8 Å². The van der Waals surface area contributed by atoms with E-state index in [0.717, 1.165) is 5.75 Å². The Morgan fingerprint density at radius 3 is 2.64 bits per heavy atom. The zero-order valence-corrected chi connectivity index (χ0v) is 14.8. The van der Waals surface area contributed by atoms with Gasteiger partial charge < -0.3 is 4.74 Å². The molecule has 0 unspecified atom stereocenters. The first kappa shape index (κ1) is 17.1. The van der Waals surface area contributed by atoms with E-state index in [1.807, 2.05) is 43.3 Å². The summed E-state index contributed by atoms with van der Waals surface area (Å²) < 4.78 is 7.01. The Balaban J connectivity index is 2.20. The summed E-state index contributed by atoms with van der Waals surface area (Å²) in [7, 11) is 0. The molecular weight excluding hydrogens is 334 g/mol. The fraction of sp³-hybridized carbons (Fsp3) is 0.211. The summed E-state index contributed by atoms with van der Waals surface area (Å²) in [5.41, 5.74) is 1.17. The predicted octanol–water partition coefficient (Wildman–Crippen LogP) is 3.79. The molecule has 126 valence electrons. The van der Waals surface area contributed by atoms with Crippen molar-refractivity contribution in [2.75, 3.05) is 6.61 Å². The molecule has 0 bridgehead atoms. The third-order valence-corrected chi connectivity index (χ3v) is 4.56. The highest BCUT2D eigenvalue weighted by atomic mass is 32.2. The topological polar surface area (TPSA) is 67.9 Å². The van der Waals surface area contributed by atoms with E-state index in [-0.39, 0.29) is 10.8 Å². The van der Waals surface area contributed by atoms with Gasteiger partial charge in [-0.05, 0) is 50.2 Å². The fourth-order valence-electron chi connectivity index (χ4n) is 2.46. The lowest BCUT2D eigenvalue weighted by atomic mass is 10.2. The molecule has 0 saturated carbocycles. The molecule has 1 heterocycles.